The summed E-state index contributed by atoms with van der Waals surface area (Å²) >= 11 is 0. The van der Waals surface area contributed by atoms with Crippen LogP contribution in [0, 0.1) is 0 Å². The quantitative estimate of drug-likeness (QED) is 0.316. The van der Waals surface area contributed by atoms with Crippen molar-refractivity contribution in [3.63, 3.8) is 0 Å². The topological polar surface area (TPSA) is 124 Å². The molecule has 1 aliphatic rings. The summed E-state index contributed by atoms with van der Waals surface area (Å²) in [6, 6.07) is 14.2. The SMILES string of the molecule is CCOC(=O)c1nn(-c2cccc(-c3nc(CN(C)C)no3)c2)c2c1C[S+](=O)(O)c1ccccc1-2. The van der Waals surface area contributed by atoms with Crippen LogP contribution >= 0.6 is 0 Å². The van der Waals surface area contributed by atoms with E-state index in [2.05, 4.69) is 15.2 Å². The van der Waals surface area contributed by atoms with Crippen molar-refractivity contribution in [3.05, 3.63) is 65.6 Å². The van der Waals surface area contributed by atoms with Crippen LogP contribution in [0.1, 0.15) is 28.8 Å². The third-order valence-corrected chi connectivity index (χ3v) is 7.26. The summed E-state index contributed by atoms with van der Waals surface area (Å²) < 4.78 is 36.1. The van der Waals surface area contributed by atoms with Gasteiger partial charge in [-0.05, 0) is 51.4 Å². The number of benzene rings is 2. The van der Waals surface area contributed by atoms with Crippen LogP contribution in [0.4, 0.5) is 0 Å². The van der Waals surface area contributed by atoms with Crippen LogP contribution in [0.25, 0.3) is 28.4 Å². The molecule has 0 saturated heterocycles. The van der Waals surface area contributed by atoms with E-state index in [-0.39, 0.29) is 18.1 Å². The number of aromatic nitrogens is 4. The lowest BCUT2D eigenvalue weighted by molar-refractivity contribution is 0.0518. The van der Waals surface area contributed by atoms with Gasteiger partial charge in [-0.3, -0.25) is 0 Å². The zero-order valence-corrected chi connectivity index (χ0v) is 20.3. The van der Waals surface area contributed by atoms with Gasteiger partial charge >= 0.3 is 5.97 Å². The molecular formula is C24H24N5O5S+. The van der Waals surface area contributed by atoms with Gasteiger partial charge in [0.2, 0.25) is 0 Å². The van der Waals surface area contributed by atoms with Crippen LogP contribution in [0.2, 0.25) is 0 Å². The Morgan fingerprint density at radius 2 is 2.03 bits per heavy atom. The zero-order chi connectivity index (χ0) is 24.7. The summed E-state index contributed by atoms with van der Waals surface area (Å²) in [5, 5.41) is 8.58. The average molecular weight is 495 g/mol. The van der Waals surface area contributed by atoms with Gasteiger partial charge in [0.1, 0.15) is 0 Å². The van der Waals surface area contributed by atoms with Crippen LogP contribution in [0.3, 0.4) is 0 Å². The van der Waals surface area contributed by atoms with Gasteiger partial charge in [-0.15, -0.1) is 0 Å². The summed E-state index contributed by atoms with van der Waals surface area (Å²) in [4.78, 5) is 19.5. The van der Waals surface area contributed by atoms with Crippen molar-refractivity contribution in [2.75, 3.05) is 20.7 Å². The highest BCUT2D eigenvalue weighted by atomic mass is 32.3. The van der Waals surface area contributed by atoms with Crippen LogP contribution in [0.15, 0.2) is 57.9 Å². The molecular weight excluding hydrogens is 470 g/mol. The maximum atomic E-state index is 13.1. The largest absolute Gasteiger partial charge is 0.461 e. The average Bonchev–Trinajstić information content (AvgIpc) is 3.44. The van der Waals surface area contributed by atoms with Gasteiger partial charge in [-0.1, -0.05) is 27.6 Å². The lowest BCUT2D eigenvalue weighted by atomic mass is 10.1. The number of ether oxygens (including phenoxy) is 1. The number of esters is 1. The first-order chi connectivity index (χ1) is 16.8. The third-order valence-electron chi connectivity index (χ3n) is 5.54. The molecule has 0 amide bonds. The summed E-state index contributed by atoms with van der Waals surface area (Å²) in [7, 11) is 0.434. The minimum Gasteiger partial charge on any atom is -0.461 e. The van der Waals surface area contributed by atoms with Crippen LogP contribution in [-0.2, 0) is 31.5 Å². The molecule has 11 heteroatoms. The number of carbonyl (C=O) groups is 1. The molecule has 5 rings (SSSR count). The van der Waals surface area contributed by atoms with Gasteiger partial charge in [-0.25, -0.2) is 9.48 Å². The van der Waals surface area contributed by atoms with Gasteiger partial charge in [0.25, 0.3) is 16.1 Å². The van der Waals surface area contributed by atoms with E-state index in [1.165, 1.54) is 0 Å². The van der Waals surface area contributed by atoms with Crippen molar-refractivity contribution in [1.29, 1.82) is 0 Å². The van der Waals surface area contributed by atoms with E-state index in [9.17, 15) is 13.6 Å². The Bertz CT molecular complexity index is 1470. The highest BCUT2D eigenvalue weighted by Crippen LogP contribution is 2.43. The first-order valence-electron chi connectivity index (χ1n) is 11.0. The normalized spacial score (nSPS) is 16.7. The van der Waals surface area contributed by atoms with Crippen molar-refractivity contribution < 1.29 is 22.8 Å². The van der Waals surface area contributed by atoms with E-state index in [0.29, 0.717) is 51.2 Å². The second kappa shape index (κ2) is 8.84. The molecule has 0 aliphatic carbocycles. The van der Waals surface area contributed by atoms with Gasteiger partial charge in [0.05, 0.1) is 35.7 Å². The predicted octanol–water partition coefficient (Wildman–Crippen LogP) is 3.67. The summed E-state index contributed by atoms with van der Waals surface area (Å²) in [6.07, 6.45) is 0. The van der Waals surface area contributed by atoms with Crippen molar-refractivity contribution in [3.8, 4) is 28.4 Å². The Morgan fingerprint density at radius 3 is 2.80 bits per heavy atom. The molecule has 3 heterocycles. The fraction of sp³-hybridized carbons (Fsp3) is 0.250. The standard InChI is InChI=1S/C24H23N5O5S/c1-4-33-24(30)21-18-14-35(31,32)19-11-6-5-10-17(19)22(18)29(26-21)16-9-7-8-15(12-16)23-25-20(27-34-23)13-28(2)3/h5-12H,4,13-14H2,1-3H3/p+1. The molecule has 180 valence electrons. The molecule has 2 aromatic carbocycles. The van der Waals surface area contributed by atoms with Crippen molar-refractivity contribution in [2.45, 2.75) is 24.1 Å². The Hall–Kier alpha value is -3.67. The van der Waals surface area contributed by atoms with Gasteiger partial charge in [0.15, 0.2) is 22.2 Å². The summed E-state index contributed by atoms with van der Waals surface area (Å²) in [6.45, 7) is 2.40. The molecule has 1 aliphatic heterocycles. The number of carbonyl (C=O) groups excluding carboxylic acids is 1. The molecule has 4 aromatic rings. The second-order valence-corrected chi connectivity index (χ2v) is 10.4. The first kappa shape index (κ1) is 23.1. The molecule has 0 bridgehead atoms. The molecule has 0 radical (unpaired) electrons. The van der Waals surface area contributed by atoms with Gasteiger partial charge < -0.3 is 14.2 Å². The monoisotopic (exact) mass is 494 g/mol. The highest BCUT2D eigenvalue weighted by molar-refractivity contribution is 7.97. The molecule has 1 unspecified atom stereocenters. The van der Waals surface area contributed by atoms with E-state index in [0.717, 1.165) is 0 Å². The zero-order valence-electron chi connectivity index (χ0n) is 19.5. The number of rotatable bonds is 6. The molecule has 2 aromatic heterocycles. The molecule has 10 nitrogen and oxygen atoms in total. The number of hydrogen-bond donors (Lipinski definition) is 1. The number of fused-ring (bicyclic) bond motifs is 3. The third kappa shape index (κ3) is 4.18. The minimum absolute atomic E-state index is 0.0228. The first-order valence-corrected chi connectivity index (χ1v) is 12.7. The highest BCUT2D eigenvalue weighted by Gasteiger charge is 2.44. The van der Waals surface area contributed by atoms with Crippen LogP contribution < -0.4 is 0 Å². The molecule has 0 saturated carbocycles. The maximum Gasteiger partial charge on any atom is 0.359 e. The Labute approximate surface area is 202 Å². The minimum atomic E-state index is -3.40. The molecule has 0 spiro atoms. The summed E-state index contributed by atoms with van der Waals surface area (Å²) in [5.41, 5.74) is 2.83. The number of nitrogens with zero attached hydrogens (tertiary/aromatic N) is 5. The Balaban J connectivity index is 1.67. The van der Waals surface area contributed by atoms with Crippen LogP contribution in [-0.4, -0.2) is 56.0 Å². The molecule has 1 atom stereocenters. The molecule has 0 fully saturated rings. The lowest BCUT2D eigenvalue weighted by Gasteiger charge is -2.17. The smallest absolute Gasteiger partial charge is 0.359 e. The van der Waals surface area contributed by atoms with E-state index >= 15 is 0 Å². The lowest BCUT2D eigenvalue weighted by Crippen LogP contribution is -2.21. The number of hydrogen-bond acceptors (Lipinski definition) is 8. The van der Waals surface area contributed by atoms with Crippen molar-refractivity contribution in [1.82, 2.24) is 24.8 Å². The molecule has 35 heavy (non-hydrogen) atoms. The van der Waals surface area contributed by atoms with Crippen molar-refractivity contribution in [2.24, 2.45) is 0 Å². The van der Waals surface area contributed by atoms with E-state index in [1.807, 2.05) is 43.3 Å². The van der Waals surface area contributed by atoms with E-state index in [1.54, 1.807) is 35.9 Å². The maximum absolute atomic E-state index is 13.1. The summed E-state index contributed by atoms with van der Waals surface area (Å²) in [5.74, 6) is 0.0424. The van der Waals surface area contributed by atoms with Gasteiger partial charge in [-0.2, -0.15) is 14.6 Å². The fourth-order valence-corrected chi connectivity index (χ4v) is 5.74. The Kier molecular flexibility index (Phi) is 5.83. The Morgan fingerprint density at radius 1 is 1.23 bits per heavy atom. The van der Waals surface area contributed by atoms with E-state index in [4.69, 9.17) is 9.26 Å². The van der Waals surface area contributed by atoms with Crippen LogP contribution in [0.5, 0.6) is 0 Å². The van der Waals surface area contributed by atoms with Gasteiger partial charge in [0, 0.05) is 5.56 Å². The second-order valence-electron chi connectivity index (χ2n) is 8.39. The van der Waals surface area contributed by atoms with E-state index < -0.39 is 16.2 Å². The fourth-order valence-electron chi connectivity index (χ4n) is 4.12. The predicted molar refractivity (Wildman–Crippen MR) is 128 cm³/mol. The molecule has 1 N–H and O–H groups in total. The van der Waals surface area contributed by atoms with Crippen molar-refractivity contribution >= 4 is 16.2 Å².